The van der Waals surface area contributed by atoms with Crippen LogP contribution in [0.1, 0.15) is 29.0 Å². The lowest BCUT2D eigenvalue weighted by atomic mass is 10.1. The van der Waals surface area contributed by atoms with Crippen molar-refractivity contribution in [3.8, 4) is 11.3 Å². The Bertz CT molecular complexity index is 798. The Labute approximate surface area is 141 Å². The fourth-order valence-electron chi connectivity index (χ4n) is 2.60. The highest BCUT2D eigenvalue weighted by Crippen LogP contribution is 2.32. The molecule has 2 amide bonds. The van der Waals surface area contributed by atoms with Gasteiger partial charge >= 0.3 is 6.18 Å². The molecule has 2 N–H and O–H groups in total. The maximum atomic E-state index is 12.8. The molecule has 1 atom stereocenters. The Morgan fingerprint density at radius 2 is 2.04 bits per heavy atom. The molecular formula is C17H15F3N2O3. The zero-order chi connectivity index (χ0) is 18.0. The number of nitrogens with one attached hydrogen (secondary N) is 2. The molecular weight excluding hydrogens is 337 g/mol. The van der Waals surface area contributed by atoms with Gasteiger partial charge in [-0.15, -0.1) is 0 Å². The fourth-order valence-corrected chi connectivity index (χ4v) is 2.60. The molecule has 0 aliphatic carbocycles. The van der Waals surface area contributed by atoms with Crippen LogP contribution in [0.25, 0.3) is 11.3 Å². The number of carbonyl (C=O) groups excluding carboxylic acids is 2. The lowest BCUT2D eigenvalue weighted by Crippen LogP contribution is -2.50. The third-order valence-corrected chi connectivity index (χ3v) is 3.89. The number of piperidine rings is 1. The molecule has 1 fully saturated rings. The second-order valence-corrected chi connectivity index (χ2v) is 5.70. The van der Waals surface area contributed by atoms with Crippen molar-refractivity contribution in [1.82, 2.24) is 10.6 Å². The van der Waals surface area contributed by atoms with E-state index in [1.165, 1.54) is 24.3 Å². The third kappa shape index (κ3) is 3.84. The number of hydrogen-bond acceptors (Lipinski definition) is 3. The number of furan rings is 1. The predicted octanol–water partition coefficient (Wildman–Crippen LogP) is 2.97. The minimum Gasteiger partial charge on any atom is -0.451 e. The summed E-state index contributed by atoms with van der Waals surface area (Å²) >= 11 is 0. The first-order valence-electron chi connectivity index (χ1n) is 7.70. The van der Waals surface area contributed by atoms with E-state index in [2.05, 4.69) is 10.6 Å². The smallest absolute Gasteiger partial charge is 0.416 e. The van der Waals surface area contributed by atoms with Crippen molar-refractivity contribution in [1.29, 1.82) is 0 Å². The second kappa shape index (κ2) is 6.62. The number of carbonyl (C=O) groups is 2. The monoisotopic (exact) mass is 352 g/mol. The molecule has 132 valence electrons. The van der Waals surface area contributed by atoms with Gasteiger partial charge in [0.15, 0.2) is 5.76 Å². The highest BCUT2D eigenvalue weighted by molar-refractivity contribution is 5.96. The number of hydrogen-bond donors (Lipinski definition) is 2. The minimum atomic E-state index is -4.46. The quantitative estimate of drug-likeness (QED) is 0.892. The molecule has 2 aromatic rings. The van der Waals surface area contributed by atoms with Crippen LogP contribution >= 0.6 is 0 Å². The van der Waals surface area contributed by atoms with Gasteiger partial charge in [0.1, 0.15) is 11.8 Å². The number of amides is 2. The Balaban J connectivity index is 1.76. The molecule has 1 aliphatic heterocycles. The SMILES string of the molecule is O=C(NC1CCCNC1=O)c1ccc(-c2cccc(C(F)(F)F)c2)o1. The van der Waals surface area contributed by atoms with Gasteiger partial charge in [-0.1, -0.05) is 12.1 Å². The van der Waals surface area contributed by atoms with Gasteiger partial charge in [-0.2, -0.15) is 13.2 Å². The van der Waals surface area contributed by atoms with E-state index < -0.39 is 23.7 Å². The molecule has 0 saturated carbocycles. The standard InChI is InChI=1S/C17H15F3N2O3/c18-17(19,20)11-4-1-3-10(9-11)13-6-7-14(25-13)16(24)22-12-5-2-8-21-15(12)23/h1,3-4,6-7,9,12H,2,5,8H2,(H,21,23)(H,22,24). The minimum absolute atomic E-state index is 0.0641. The average Bonchev–Trinajstić information content (AvgIpc) is 3.06. The molecule has 1 aliphatic rings. The summed E-state index contributed by atoms with van der Waals surface area (Å²) < 4.78 is 43.7. The summed E-state index contributed by atoms with van der Waals surface area (Å²) in [6.07, 6.45) is -3.18. The molecule has 3 rings (SSSR count). The fraction of sp³-hybridized carbons (Fsp3) is 0.294. The summed E-state index contributed by atoms with van der Waals surface area (Å²) in [6, 6.07) is 6.80. The van der Waals surface area contributed by atoms with E-state index >= 15 is 0 Å². The normalized spacial score (nSPS) is 17.9. The highest BCUT2D eigenvalue weighted by atomic mass is 19.4. The van der Waals surface area contributed by atoms with E-state index in [1.54, 1.807) is 0 Å². The van der Waals surface area contributed by atoms with Crippen LogP contribution in [-0.2, 0) is 11.0 Å². The average molecular weight is 352 g/mol. The first-order chi connectivity index (χ1) is 11.8. The largest absolute Gasteiger partial charge is 0.451 e. The maximum Gasteiger partial charge on any atom is 0.416 e. The molecule has 0 spiro atoms. The topological polar surface area (TPSA) is 71.3 Å². The van der Waals surface area contributed by atoms with Gasteiger partial charge in [0.2, 0.25) is 5.91 Å². The number of benzene rings is 1. The van der Waals surface area contributed by atoms with E-state index in [1.807, 2.05) is 0 Å². The van der Waals surface area contributed by atoms with Gasteiger partial charge in [-0.25, -0.2) is 0 Å². The first-order valence-corrected chi connectivity index (χ1v) is 7.70. The summed E-state index contributed by atoms with van der Waals surface area (Å²) in [6.45, 7) is 0.575. The molecule has 1 unspecified atom stereocenters. The molecule has 5 nitrogen and oxygen atoms in total. The zero-order valence-electron chi connectivity index (χ0n) is 13.0. The van der Waals surface area contributed by atoms with Gasteiger partial charge in [-0.3, -0.25) is 9.59 Å². The van der Waals surface area contributed by atoms with Crippen molar-refractivity contribution >= 4 is 11.8 Å². The van der Waals surface area contributed by atoms with Crippen LogP contribution in [0.4, 0.5) is 13.2 Å². The van der Waals surface area contributed by atoms with E-state index in [-0.39, 0.29) is 23.0 Å². The molecule has 1 aromatic heterocycles. The molecule has 2 heterocycles. The Hall–Kier alpha value is -2.77. The Morgan fingerprint density at radius 1 is 1.24 bits per heavy atom. The van der Waals surface area contributed by atoms with Crippen LogP contribution in [0.2, 0.25) is 0 Å². The lowest BCUT2D eigenvalue weighted by molar-refractivity contribution is -0.137. The van der Waals surface area contributed by atoms with E-state index in [0.29, 0.717) is 13.0 Å². The Kier molecular flexibility index (Phi) is 4.52. The van der Waals surface area contributed by atoms with Crippen molar-refractivity contribution < 1.29 is 27.2 Å². The molecule has 1 saturated heterocycles. The third-order valence-electron chi connectivity index (χ3n) is 3.89. The zero-order valence-corrected chi connectivity index (χ0v) is 13.0. The highest BCUT2D eigenvalue weighted by Gasteiger charge is 2.31. The number of alkyl halides is 3. The summed E-state index contributed by atoms with van der Waals surface area (Å²) in [5.74, 6) is -0.764. The van der Waals surface area contributed by atoms with Gasteiger partial charge in [0.25, 0.3) is 5.91 Å². The van der Waals surface area contributed by atoms with Crippen LogP contribution in [0.3, 0.4) is 0 Å². The lowest BCUT2D eigenvalue weighted by Gasteiger charge is -2.22. The molecule has 8 heteroatoms. The molecule has 0 radical (unpaired) electrons. The van der Waals surface area contributed by atoms with Crippen molar-refractivity contribution in [2.75, 3.05) is 6.54 Å². The van der Waals surface area contributed by atoms with Gasteiger partial charge in [0.05, 0.1) is 5.56 Å². The van der Waals surface area contributed by atoms with Gasteiger partial charge in [-0.05, 0) is 37.1 Å². The molecule has 25 heavy (non-hydrogen) atoms. The van der Waals surface area contributed by atoms with Crippen LogP contribution < -0.4 is 10.6 Å². The van der Waals surface area contributed by atoms with Crippen LogP contribution in [0.5, 0.6) is 0 Å². The van der Waals surface area contributed by atoms with E-state index in [4.69, 9.17) is 4.42 Å². The summed E-state index contributed by atoms with van der Waals surface area (Å²) in [7, 11) is 0. The molecule has 0 bridgehead atoms. The second-order valence-electron chi connectivity index (χ2n) is 5.70. The number of halogens is 3. The maximum absolute atomic E-state index is 12.8. The molecule has 1 aromatic carbocycles. The van der Waals surface area contributed by atoms with Gasteiger partial charge in [0, 0.05) is 12.1 Å². The van der Waals surface area contributed by atoms with E-state index in [9.17, 15) is 22.8 Å². The van der Waals surface area contributed by atoms with Gasteiger partial charge < -0.3 is 15.1 Å². The first kappa shape index (κ1) is 17.1. The summed E-state index contributed by atoms with van der Waals surface area (Å²) in [5, 5.41) is 5.21. The van der Waals surface area contributed by atoms with E-state index in [0.717, 1.165) is 18.6 Å². The van der Waals surface area contributed by atoms with Crippen molar-refractivity contribution in [2.24, 2.45) is 0 Å². The van der Waals surface area contributed by atoms with Crippen molar-refractivity contribution in [3.05, 3.63) is 47.7 Å². The van der Waals surface area contributed by atoms with Crippen LogP contribution in [-0.4, -0.2) is 24.4 Å². The summed E-state index contributed by atoms with van der Waals surface area (Å²) in [5.41, 5.74) is -0.587. The Morgan fingerprint density at radius 3 is 2.76 bits per heavy atom. The summed E-state index contributed by atoms with van der Waals surface area (Å²) in [4.78, 5) is 23.8. The predicted molar refractivity (Wildman–Crippen MR) is 82.6 cm³/mol. The number of rotatable bonds is 3. The van der Waals surface area contributed by atoms with Crippen LogP contribution in [0, 0.1) is 0 Å². The van der Waals surface area contributed by atoms with Crippen LogP contribution in [0.15, 0.2) is 40.8 Å². The van der Waals surface area contributed by atoms with Crippen molar-refractivity contribution in [3.63, 3.8) is 0 Å². The van der Waals surface area contributed by atoms with Crippen molar-refractivity contribution in [2.45, 2.75) is 25.1 Å².